The van der Waals surface area contributed by atoms with Gasteiger partial charge in [0, 0.05) is 25.5 Å². The second-order valence-corrected chi connectivity index (χ2v) is 11.6. The molecule has 2 aromatic rings. The van der Waals surface area contributed by atoms with Crippen LogP contribution < -0.4 is 20.7 Å². The van der Waals surface area contributed by atoms with Crippen LogP contribution in [0.2, 0.25) is 0 Å². The van der Waals surface area contributed by atoms with Crippen LogP contribution in [0.5, 0.6) is 11.5 Å². The molecule has 0 spiro atoms. The van der Waals surface area contributed by atoms with Crippen LogP contribution in [0.25, 0.3) is 6.08 Å². The first-order valence-electron chi connectivity index (χ1n) is 15.3. The number of rotatable bonds is 15. The van der Waals surface area contributed by atoms with Gasteiger partial charge in [0.05, 0.1) is 18.3 Å². The Kier molecular flexibility index (Phi) is 10.1. The molecule has 43 heavy (non-hydrogen) atoms. The number of ether oxygens (including phenoxy) is 1. The van der Waals surface area contributed by atoms with Crippen LogP contribution in [0.3, 0.4) is 0 Å². The Labute approximate surface area is 253 Å². The fraction of sp³-hybridized carbons (Fsp3) is 0.412. The van der Waals surface area contributed by atoms with E-state index in [0.29, 0.717) is 44.7 Å². The third-order valence-corrected chi connectivity index (χ3v) is 8.40. The number of fused-ring (bicyclic) bond motifs is 2. The van der Waals surface area contributed by atoms with E-state index in [9.17, 15) is 20.1 Å². The Bertz CT molecular complexity index is 1460. The molecular weight excluding hydrogens is 544 g/mol. The van der Waals surface area contributed by atoms with E-state index in [0.717, 1.165) is 68.8 Å². The van der Waals surface area contributed by atoms with Gasteiger partial charge in [-0.05, 0) is 70.6 Å². The van der Waals surface area contributed by atoms with Crippen molar-refractivity contribution in [2.24, 2.45) is 10.7 Å². The smallest absolute Gasteiger partial charge is 0.227 e. The summed E-state index contributed by atoms with van der Waals surface area (Å²) in [5.74, 6) is 0.476. The molecule has 2 aromatic carbocycles. The molecule has 5 rings (SSSR count). The largest absolute Gasteiger partial charge is 0.504 e. The lowest BCUT2D eigenvalue weighted by Crippen LogP contribution is -3.07. The van der Waals surface area contributed by atoms with Crippen molar-refractivity contribution in [3.05, 3.63) is 87.9 Å². The molecule has 3 heterocycles. The molecule has 0 fully saturated rings. The van der Waals surface area contributed by atoms with Gasteiger partial charge in [-0.3, -0.25) is 14.7 Å². The molecule has 0 radical (unpaired) electrons. The zero-order valence-corrected chi connectivity index (χ0v) is 24.8. The van der Waals surface area contributed by atoms with Crippen LogP contribution in [-0.2, 0) is 24.2 Å². The Morgan fingerprint density at radius 1 is 1.26 bits per heavy atom. The normalized spacial score (nSPS) is 19.2. The minimum Gasteiger partial charge on any atom is -0.504 e. The molecule has 9 heteroatoms. The summed E-state index contributed by atoms with van der Waals surface area (Å²) < 4.78 is 6.04. The van der Waals surface area contributed by atoms with Gasteiger partial charge in [0.15, 0.2) is 11.5 Å². The van der Waals surface area contributed by atoms with Crippen LogP contribution in [0.4, 0.5) is 0 Å². The molecule has 0 saturated heterocycles. The van der Waals surface area contributed by atoms with Crippen LogP contribution in [0.1, 0.15) is 79.4 Å². The van der Waals surface area contributed by atoms with Gasteiger partial charge in [0.1, 0.15) is 30.4 Å². The first-order valence-corrected chi connectivity index (χ1v) is 15.3. The highest BCUT2D eigenvalue weighted by Crippen LogP contribution is 2.32. The van der Waals surface area contributed by atoms with E-state index in [1.54, 1.807) is 18.2 Å². The number of aliphatic hydroxyl groups excluding tert-OH is 2. The van der Waals surface area contributed by atoms with Crippen molar-refractivity contribution in [1.29, 1.82) is 0 Å². The van der Waals surface area contributed by atoms with Crippen molar-refractivity contribution in [3.8, 4) is 11.5 Å². The van der Waals surface area contributed by atoms with Crippen molar-refractivity contribution in [3.63, 3.8) is 0 Å². The van der Waals surface area contributed by atoms with Crippen LogP contribution in [0, 0.1) is 0 Å². The Hall–Kier alpha value is -3.76. The van der Waals surface area contributed by atoms with Crippen LogP contribution in [0.15, 0.2) is 65.1 Å². The zero-order chi connectivity index (χ0) is 30.3. The number of hydrogen-bond acceptors (Lipinski definition) is 8. The van der Waals surface area contributed by atoms with E-state index in [1.807, 2.05) is 30.6 Å². The van der Waals surface area contributed by atoms with Crippen LogP contribution in [-0.4, -0.2) is 46.2 Å². The number of carbonyl (C=O) groups is 1. The van der Waals surface area contributed by atoms with E-state index in [4.69, 9.17) is 10.5 Å². The van der Waals surface area contributed by atoms with Crippen molar-refractivity contribution < 1.29 is 29.8 Å². The molecule has 0 aromatic heterocycles. The SMILES string of the molecule is CCCCCC(O)CC(=O)CCc1ccc(O)c(OC[NH+]2C=C3C(Cc4c(CO)ccc5c4C=CNC5N)=CN=C3C2)c1. The Morgan fingerprint density at radius 2 is 2.12 bits per heavy atom. The lowest BCUT2D eigenvalue weighted by Gasteiger charge is -2.24. The van der Waals surface area contributed by atoms with Gasteiger partial charge in [-0.25, -0.2) is 0 Å². The van der Waals surface area contributed by atoms with E-state index in [-0.39, 0.29) is 30.7 Å². The highest BCUT2D eigenvalue weighted by atomic mass is 16.5. The monoisotopic (exact) mass is 587 g/mol. The summed E-state index contributed by atoms with van der Waals surface area (Å²) in [6.45, 7) is 3.03. The molecule has 3 aliphatic rings. The summed E-state index contributed by atoms with van der Waals surface area (Å²) in [4.78, 5) is 18.1. The van der Waals surface area contributed by atoms with Gasteiger partial charge in [-0.1, -0.05) is 44.4 Å². The number of hydrogen-bond donors (Lipinski definition) is 6. The Balaban J connectivity index is 1.18. The molecule has 3 atom stereocenters. The zero-order valence-electron chi connectivity index (χ0n) is 24.8. The van der Waals surface area contributed by atoms with E-state index < -0.39 is 6.10 Å². The number of aliphatic hydroxyl groups is 2. The average Bonchev–Trinajstić information content (AvgIpc) is 3.57. The van der Waals surface area contributed by atoms with E-state index in [2.05, 4.69) is 23.4 Å². The molecule has 0 saturated carbocycles. The summed E-state index contributed by atoms with van der Waals surface area (Å²) in [5, 5.41) is 33.7. The molecule has 7 N–H and O–H groups in total. The van der Waals surface area contributed by atoms with E-state index >= 15 is 0 Å². The van der Waals surface area contributed by atoms with Crippen molar-refractivity contribution in [2.45, 2.75) is 77.2 Å². The predicted molar refractivity (Wildman–Crippen MR) is 166 cm³/mol. The first kappa shape index (κ1) is 30.7. The van der Waals surface area contributed by atoms with Crippen molar-refractivity contribution >= 4 is 17.6 Å². The topological polar surface area (TPSA) is 142 Å². The molecule has 0 aliphatic carbocycles. The number of nitrogens with two attached hydrogens (primary N) is 1. The highest BCUT2D eigenvalue weighted by Gasteiger charge is 2.31. The minimum absolute atomic E-state index is 0.0431. The molecular formula is C34H43N4O5+. The third kappa shape index (κ3) is 7.43. The van der Waals surface area contributed by atoms with Crippen molar-refractivity contribution in [1.82, 2.24) is 5.32 Å². The fourth-order valence-electron chi connectivity index (χ4n) is 5.95. The van der Waals surface area contributed by atoms with Crippen molar-refractivity contribution in [2.75, 3.05) is 13.3 Å². The average molecular weight is 588 g/mol. The van der Waals surface area contributed by atoms with Gasteiger partial charge >= 0.3 is 0 Å². The number of unbranched alkanes of at least 4 members (excludes halogenated alkanes) is 2. The molecule has 0 amide bonds. The number of Topliss-reactive ketones (excluding diaryl/α,β-unsaturated/α-hetero) is 1. The second-order valence-electron chi connectivity index (χ2n) is 11.6. The first-order chi connectivity index (χ1) is 20.9. The number of carbonyl (C=O) groups excluding carboxylic acids is 1. The molecule has 228 valence electrons. The molecule has 9 nitrogen and oxygen atoms in total. The third-order valence-electron chi connectivity index (χ3n) is 8.40. The maximum absolute atomic E-state index is 12.4. The summed E-state index contributed by atoms with van der Waals surface area (Å²) in [6.07, 6.45) is 12.5. The molecule has 0 bridgehead atoms. The fourth-order valence-corrected chi connectivity index (χ4v) is 5.95. The molecule has 3 unspecified atom stereocenters. The van der Waals surface area contributed by atoms with Gasteiger partial charge in [0.25, 0.3) is 0 Å². The van der Waals surface area contributed by atoms with Gasteiger partial charge in [-0.2, -0.15) is 0 Å². The van der Waals surface area contributed by atoms with Gasteiger partial charge in [-0.15, -0.1) is 0 Å². The minimum atomic E-state index is -0.572. The summed E-state index contributed by atoms with van der Waals surface area (Å²) in [5.41, 5.74) is 14.3. The number of aliphatic imine (C=N–C) groups is 1. The summed E-state index contributed by atoms with van der Waals surface area (Å²) >= 11 is 0. The second kappa shape index (κ2) is 14.1. The molecule has 3 aliphatic heterocycles. The number of nitrogens with one attached hydrogen (secondary N) is 2. The number of nitrogens with zero attached hydrogens (tertiary/aromatic N) is 1. The summed E-state index contributed by atoms with van der Waals surface area (Å²) in [7, 11) is 0. The number of benzene rings is 2. The van der Waals surface area contributed by atoms with E-state index in [1.165, 1.54) is 0 Å². The summed E-state index contributed by atoms with van der Waals surface area (Å²) in [6, 6.07) is 9.09. The number of phenols is 1. The number of allylic oxidation sites excluding steroid dienone is 1. The number of phenolic OH excluding ortho intramolecular Hbond substituents is 1. The maximum atomic E-state index is 12.4. The standard InChI is InChI=1S/C34H42N4O5/c1-2-3-4-5-25(40)16-26(41)9-6-22-7-11-32(42)33(14-22)43-21-38-18-30-24(17-37-31(30)19-38)15-29-23(20-39)8-10-28-27(29)12-13-36-34(28)35/h7-8,10-14,17-18,25,34,36,39-40,42H,2-6,9,15-16,19-21,35H2,1H3/p+1. The quantitative estimate of drug-likeness (QED) is 0.176. The number of ketones is 1. The van der Waals surface area contributed by atoms with Crippen LogP contribution >= 0.6 is 0 Å². The van der Waals surface area contributed by atoms with Gasteiger partial charge < -0.3 is 31.1 Å². The number of quaternary nitrogens is 1. The number of aromatic hydroxyl groups is 1. The lowest BCUT2D eigenvalue weighted by molar-refractivity contribution is -0.851. The highest BCUT2D eigenvalue weighted by molar-refractivity contribution is 6.08. The van der Waals surface area contributed by atoms with Gasteiger partial charge in [0.2, 0.25) is 6.73 Å². The maximum Gasteiger partial charge on any atom is 0.227 e. The predicted octanol–water partition coefficient (Wildman–Crippen LogP) is 2.95. The lowest BCUT2D eigenvalue weighted by atomic mass is 9.88. The number of aryl methyl sites for hydroxylation is 1. The Morgan fingerprint density at radius 3 is 2.93 bits per heavy atom.